The summed E-state index contributed by atoms with van der Waals surface area (Å²) in [6, 6.07) is 16.4. The summed E-state index contributed by atoms with van der Waals surface area (Å²) in [5.41, 5.74) is 7.34. The lowest BCUT2D eigenvalue weighted by molar-refractivity contribution is 0.102. The van der Waals surface area contributed by atoms with E-state index in [0.29, 0.717) is 22.0 Å². The lowest BCUT2D eigenvalue weighted by atomic mass is 10.0. The second-order valence-electron chi connectivity index (χ2n) is 4.83. The van der Waals surface area contributed by atoms with Crippen molar-refractivity contribution >= 4 is 55.6 Å². The average molecular weight is 376 g/mol. The standard InChI is InChI=1S/C17H12BrClN2O/c18-14-6-2-3-11-12(14)4-1-5-13(11)17(22)21-16-8-7-10(20)9-15(16)19/h1-9H,20H2,(H,21,22). The number of nitrogen functional groups attached to an aromatic ring is 1. The van der Waals surface area contributed by atoms with Gasteiger partial charge in [-0.1, -0.05) is 51.8 Å². The highest BCUT2D eigenvalue weighted by molar-refractivity contribution is 9.10. The maximum atomic E-state index is 12.6. The van der Waals surface area contributed by atoms with Crippen LogP contribution in [-0.4, -0.2) is 5.91 Å². The zero-order chi connectivity index (χ0) is 15.7. The van der Waals surface area contributed by atoms with Crippen LogP contribution in [0.15, 0.2) is 59.1 Å². The Bertz CT molecular complexity index is 880. The van der Waals surface area contributed by atoms with Gasteiger partial charge in [-0.25, -0.2) is 0 Å². The highest BCUT2D eigenvalue weighted by atomic mass is 79.9. The Hall–Kier alpha value is -2.04. The highest BCUT2D eigenvalue weighted by Crippen LogP contribution is 2.28. The van der Waals surface area contributed by atoms with Gasteiger partial charge < -0.3 is 11.1 Å². The van der Waals surface area contributed by atoms with E-state index in [0.717, 1.165) is 15.2 Å². The summed E-state index contributed by atoms with van der Waals surface area (Å²) in [6.07, 6.45) is 0. The molecule has 0 atom stereocenters. The van der Waals surface area contributed by atoms with E-state index in [9.17, 15) is 4.79 Å². The van der Waals surface area contributed by atoms with E-state index in [1.165, 1.54) is 0 Å². The van der Waals surface area contributed by atoms with Gasteiger partial charge in [0.15, 0.2) is 0 Å². The normalized spacial score (nSPS) is 10.6. The molecule has 0 aliphatic carbocycles. The Balaban J connectivity index is 2.01. The van der Waals surface area contributed by atoms with Crippen LogP contribution in [0.3, 0.4) is 0 Å². The third-order valence-electron chi connectivity index (χ3n) is 3.35. The molecule has 3 N–H and O–H groups in total. The topological polar surface area (TPSA) is 55.1 Å². The average Bonchev–Trinajstić information content (AvgIpc) is 2.50. The van der Waals surface area contributed by atoms with Gasteiger partial charge in [-0.2, -0.15) is 0 Å². The molecule has 0 spiro atoms. The predicted molar refractivity (Wildman–Crippen MR) is 95.5 cm³/mol. The monoisotopic (exact) mass is 374 g/mol. The van der Waals surface area contributed by atoms with Gasteiger partial charge in [0.2, 0.25) is 0 Å². The smallest absolute Gasteiger partial charge is 0.256 e. The number of carbonyl (C=O) groups excluding carboxylic acids is 1. The van der Waals surface area contributed by atoms with E-state index < -0.39 is 0 Å². The number of nitrogens with one attached hydrogen (secondary N) is 1. The molecule has 0 saturated carbocycles. The third kappa shape index (κ3) is 2.80. The molecule has 3 rings (SSSR count). The van der Waals surface area contributed by atoms with Crippen LogP contribution in [0.25, 0.3) is 10.8 Å². The summed E-state index contributed by atoms with van der Waals surface area (Å²) >= 11 is 9.60. The maximum Gasteiger partial charge on any atom is 0.256 e. The van der Waals surface area contributed by atoms with Crippen LogP contribution >= 0.6 is 27.5 Å². The molecule has 110 valence electrons. The second kappa shape index (κ2) is 5.99. The molecule has 0 heterocycles. The van der Waals surface area contributed by atoms with E-state index in [-0.39, 0.29) is 5.91 Å². The van der Waals surface area contributed by atoms with E-state index in [4.69, 9.17) is 17.3 Å². The molecular weight excluding hydrogens is 364 g/mol. The second-order valence-corrected chi connectivity index (χ2v) is 6.10. The minimum Gasteiger partial charge on any atom is -0.399 e. The summed E-state index contributed by atoms with van der Waals surface area (Å²) in [7, 11) is 0. The van der Waals surface area contributed by atoms with Crippen molar-refractivity contribution in [1.82, 2.24) is 0 Å². The number of nitrogens with two attached hydrogens (primary N) is 1. The van der Waals surface area contributed by atoms with E-state index in [1.807, 2.05) is 30.3 Å². The third-order valence-corrected chi connectivity index (χ3v) is 4.36. The Morgan fingerprint density at radius 3 is 2.55 bits per heavy atom. The first-order valence-electron chi connectivity index (χ1n) is 6.60. The molecule has 0 unspecified atom stereocenters. The molecule has 3 aromatic carbocycles. The van der Waals surface area contributed by atoms with Gasteiger partial charge in [-0.15, -0.1) is 0 Å². The van der Waals surface area contributed by atoms with Crippen molar-refractivity contribution < 1.29 is 4.79 Å². The molecule has 3 nitrogen and oxygen atoms in total. The molecule has 0 aliphatic heterocycles. The number of hydrogen-bond acceptors (Lipinski definition) is 2. The summed E-state index contributed by atoms with van der Waals surface area (Å²) in [4.78, 5) is 12.6. The van der Waals surface area contributed by atoms with Gasteiger partial charge in [-0.05, 0) is 41.1 Å². The zero-order valence-corrected chi connectivity index (χ0v) is 13.8. The summed E-state index contributed by atoms with van der Waals surface area (Å²) < 4.78 is 0.949. The van der Waals surface area contributed by atoms with Crippen molar-refractivity contribution in [2.24, 2.45) is 0 Å². The molecule has 0 radical (unpaired) electrons. The Kier molecular flexibility index (Phi) is 4.05. The molecule has 0 bridgehead atoms. The number of benzene rings is 3. The minimum atomic E-state index is -0.213. The fourth-order valence-electron chi connectivity index (χ4n) is 2.29. The van der Waals surface area contributed by atoms with Crippen molar-refractivity contribution in [2.45, 2.75) is 0 Å². The number of amides is 1. The SMILES string of the molecule is Nc1ccc(NC(=O)c2cccc3c(Br)cccc23)c(Cl)c1. The molecule has 1 amide bonds. The van der Waals surface area contributed by atoms with Crippen LogP contribution in [0.1, 0.15) is 10.4 Å². The van der Waals surface area contributed by atoms with Gasteiger partial charge >= 0.3 is 0 Å². The predicted octanol–water partition coefficient (Wildman–Crippen LogP) is 5.09. The van der Waals surface area contributed by atoms with Crippen LogP contribution in [0, 0.1) is 0 Å². The Labute approximate surface area is 141 Å². The lowest BCUT2D eigenvalue weighted by Crippen LogP contribution is -2.12. The molecule has 0 fully saturated rings. The minimum absolute atomic E-state index is 0.213. The number of fused-ring (bicyclic) bond motifs is 1. The maximum absolute atomic E-state index is 12.6. The van der Waals surface area contributed by atoms with Gasteiger partial charge in [0.1, 0.15) is 0 Å². The molecule has 0 aromatic heterocycles. The largest absolute Gasteiger partial charge is 0.399 e. The highest BCUT2D eigenvalue weighted by Gasteiger charge is 2.12. The molecule has 5 heteroatoms. The van der Waals surface area contributed by atoms with E-state index in [2.05, 4.69) is 21.2 Å². The van der Waals surface area contributed by atoms with Crippen LogP contribution < -0.4 is 11.1 Å². The number of rotatable bonds is 2. The first kappa shape index (κ1) is 14.9. The van der Waals surface area contributed by atoms with Gasteiger partial charge in [0, 0.05) is 15.7 Å². The van der Waals surface area contributed by atoms with Crippen LogP contribution in [0.4, 0.5) is 11.4 Å². The molecule has 0 saturated heterocycles. The van der Waals surface area contributed by atoms with Crippen molar-refractivity contribution in [1.29, 1.82) is 0 Å². The van der Waals surface area contributed by atoms with Crippen LogP contribution in [0.5, 0.6) is 0 Å². The van der Waals surface area contributed by atoms with Crippen LogP contribution in [0.2, 0.25) is 5.02 Å². The molecule has 0 aliphatic rings. The number of halogens is 2. The fraction of sp³-hybridized carbons (Fsp3) is 0. The first-order chi connectivity index (χ1) is 10.6. The number of anilines is 2. The summed E-state index contributed by atoms with van der Waals surface area (Å²) in [5.74, 6) is -0.213. The molecule has 3 aromatic rings. The molecule has 22 heavy (non-hydrogen) atoms. The van der Waals surface area contributed by atoms with Crippen molar-refractivity contribution in [3.05, 3.63) is 69.7 Å². The van der Waals surface area contributed by atoms with Gasteiger partial charge in [0.25, 0.3) is 5.91 Å². The van der Waals surface area contributed by atoms with Gasteiger partial charge in [0.05, 0.1) is 10.7 Å². The van der Waals surface area contributed by atoms with Crippen molar-refractivity contribution in [3.63, 3.8) is 0 Å². The van der Waals surface area contributed by atoms with Gasteiger partial charge in [-0.3, -0.25) is 4.79 Å². The summed E-state index contributed by atoms with van der Waals surface area (Å²) in [6.45, 7) is 0. The quantitative estimate of drug-likeness (QED) is 0.613. The summed E-state index contributed by atoms with van der Waals surface area (Å²) in [5, 5.41) is 5.10. The fourth-order valence-corrected chi connectivity index (χ4v) is 3.03. The van der Waals surface area contributed by atoms with E-state index in [1.54, 1.807) is 24.3 Å². The number of carbonyl (C=O) groups is 1. The van der Waals surface area contributed by atoms with Crippen molar-refractivity contribution in [2.75, 3.05) is 11.1 Å². The zero-order valence-electron chi connectivity index (χ0n) is 11.4. The van der Waals surface area contributed by atoms with E-state index >= 15 is 0 Å². The molecular formula is C17H12BrClN2O. The Morgan fingerprint density at radius 1 is 1.05 bits per heavy atom. The lowest BCUT2D eigenvalue weighted by Gasteiger charge is -2.10. The first-order valence-corrected chi connectivity index (χ1v) is 7.77. The van der Waals surface area contributed by atoms with Crippen molar-refractivity contribution in [3.8, 4) is 0 Å². The Morgan fingerprint density at radius 2 is 1.77 bits per heavy atom. The number of hydrogen-bond donors (Lipinski definition) is 2. The van der Waals surface area contributed by atoms with Crippen LogP contribution in [-0.2, 0) is 0 Å².